The first-order chi connectivity index (χ1) is 15.9. The Morgan fingerprint density at radius 3 is 2.27 bits per heavy atom. The second-order valence-corrected chi connectivity index (χ2v) is 8.10. The molecule has 0 spiro atoms. The molecule has 0 aromatic heterocycles. The van der Waals surface area contributed by atoms with Crippen molar-refractivity contribution in [2.45, 2.75) is 32.7 Å². The number of nitrogens with zero attached hydrogens (tertiary/aromatic N) is 1. The zero-order valence-electron chi connectivity index (χ0n) is 18.5. The van der Waals surface area contributed by atoms with Gasteiger partial charge in [-0.05, 0) is 36.2 Å². The smallest absolute Gasteiger partial charge is 0.330 e. The maximum atomic E-state index is 13.0. The van der Waals surface area contributed by atoms with Crippen LogP contribution in [0.5, 0.6) is 11.5 Å². The molecule has 8 nitrogen and oxygen atoms in total. The van der Waals surface area contributed by atoms with Crippen LogP contribution in [-0.2, 0) is 9.53 Å². The number of ketones is 1. The van der Waals surface area contributed by atoms with Gasteiger partial charge in [0.1, 0.15) is 6.04 Å². The minimum atomic E-state index is -1.13. The third kappa shape index (κ3) is 4.33. The molecule has 0 saturated carbocycles. The van der Waals surface area contributed by atoms with Crippen LogP contribution in [0.25, 0.3) is 0 Å². The van der Waals surface area contributed by atoms with Crippen LogP contribution < -0.4 is 9.47 Å². The van der Waals surface area contributed by atoms with Crippen LogP contribution >= 0.6 is 0 Å². The summed E-state index contributed by atoms with van der Waals surface area (Å²) in [5.74, 6) is -1.62. The number of fused-ring (bicyclic) bond motifs is 2. The number of esters is 1. The lowest BCUT2D eigenvalue weighted by atomic mass is 9.97. The van der Waals surface area contributed by atoms with E-state index < -0.39 is 36.2 Å². The number of carbonyl (C=O) groups excluding carboxylic acids is 4. The van der Waals surface area contributed by atoms with E-state index in [-0.39, 0.29) is 17.0 Å². The number of benzene rings is 2. The fourth-order valence-corrected chi connectivity index (χ4v) is 3.92. The van der Waals surface area contributed by atoms with Crippen molar-refractivity contribution in [2.75, 3.05) is 19.8 Å². The number of ether oxygens (including phenoxy) is 3. The summed E-state index contributed by atoms with van der Waals surface area (Å²) < 4.78 is 16.5. The molecule has 172 valence electrons. The Hall–Kier alpha value is -3.68. The lowest BCUT2D eigenvalue weighted by Crippen LogP contribution is -2.49. The molecule has 0 N–H and O–H groups in total. The molecule has 2 aliphatic heterocycles. The van der Waals surface area contributed by atoms with Crippen LogP contribution in [-0.4, -0.2) is 54.3 Å². The zero-order valence-corrected chi connectivity index (χ0v) is 18.5. The van der Waals surface area contributed by atoms with Gasteiger partial charge in [0.15, 0.2) is 23.9 Å². The number of Topliss-reactive ketones (excluding diaryl/α,β-unsaturated/α-hetero) is 1. The summed E-state index contributed by atoms with van der Waals surface area (Å²) >= 11 is 0. The molecule has 2 aliphatic rings. The van der Waals surface area contributed by atoms with Crippen molar-refractivity contribution in [3.8, 4) is 11.5 Å². The van der Waals surface area contributed by atoms with E-state index in [0.29, 0.717) is 36.7 Å². The highest BCUT2D eigenvalue weighted by Crippen LogP contribution is 2.31. The molecule has 0 unspecified atom stereocenters. The van der Waals surface area contributed by atoms with Gasteiger partial charge >= 0.3 is 5.97 Å². The van der Waals surface area contributed by atoms with E-state index in [1.54, 1.807) is 49.4 Å². The van der Waals surface area contributed by atoms with Crippen LogP contribution in [0, 0.1) is 5.92 Å². The minimum absolute atomic E-state index is 0.256. The number of rotatable bonds is 7. The minimum Gasteiger partial charge on any atom is -0.490 e. The predicted octanol–water partition coefficient (Wildman–Crippen LogP) is 3.28. The Kier molecular flexibility index (Phi) is 6.44. The molecular formula is C25H25NO7. The van der Waals surface area contributed by atoms with Crippen LogP contribution in [0.15, 0.2) is 42.5 Å². The van der Waals surface area contributed by atoms with Crippen molar-refractivity contribution < 1.29 is 33.4 Å². The van der Waals surface area contributed by atoms with E-state index in [0.717, 1.165) is 11.3 Å². The SMILES string of the molecule is CC[C@H](C)[C@@H](C(=O)OCC(=O)c1ccc2c(c1)OCCCO2)N1C(=O)c2ccccc2C1=O. The Bertz CT molecular complexity index is 1070. The Morgan fingerprint density at radius 1 is 1.00 bits per heavy atom. The normalized spacial score (nSPS) is 16.6. The molecule has 0 radical (unpaired) electrons. The molecule has 0 fully saturated rings. The van der Waals surface area contributed by atoms with Crippen LogP contribution in [0.1, 0.15) is 57.8 Å². The maximum Gasteiger partial charge on any atom is 0.330 e. The van der Waals surface area contributed by atoms with Crippen molar-refractivity contribution >= 4 is 23.6 Å². The molecule has 0 saturated heterocycles. The zero-order chi connectivity index (χ0) is 23.5. The van der Waals surface area contributed by atoms with Gasteiger partial charge in [0, 0.05) is 12.0 Å². The molecule has 2 amide bonds. The van der Waals surface area contributed by atoms with Gasteiger partial charge in [-0.3, -0.25) is 19.3 Å². The van der Waals surface area contributed by atoms with Crippen LogP contribution in [0.4, 0.5) is 0 Å². The van der Waals surface area contributed by atoms with E-state index in [1.807, 2.05) is 6.92 Å². The van der Waals surface area contributed by atoms with E-state index in [1.165, 1.54) is 0 Å². The van der Waals surface area contributed by atoms with Gasteiger partial charge in [0.2, 0.25) is 0 Å². The van der Waals surface area contributed by atoms with Crippen molar-refractivity contribution in [3.63, 3.8) is 0 Å². The highest BCUT2D eigenvalue weighted by atomic mass is 16.5. The van der Waals surface area contributed by atoms with Crippen LogP contribution in [0.2, 0.25) is 0 Å². The first-order valence-corrected chi connectivity index (χ1v) is 11.0. The highest BCUT2D eigenvalue weighted by Gasteiger charge is 2.45. The number of hydrogen-bond acceptors (Lipinski definition) is 7. The van der Waals surface area contributed by atoms with Crippen molar-refractivity contribution in [1.29, 1.82) is 0 Å². The van der Waals surface area contributed by atoms with Crippen molar-refractivity contribution in [2.24, 2.45) is 5.92 Å². The largest absolute Gasteiger partial charge is 0.490 e. The number of imide groups is 1. The summed E-state index contributed by atoms with van der Waals surface area (Å²) in [6.07, 6.45) is 1.27. The number of hydrogen-bond donors (Lipinski definition) is 0. The van der Waals surface area contributed by atoms with Gasteiger partial charge in [-0.2, -0.15) is 0 Å². The molecule has 8 heteroatoms. The summed E-state index contributed by atoms with van der Waals surface area (Å²) in [6, 6.07) is 10.1. The molecule has 2 aromatic carbocycles. The van der Waals surface area contributed by atoms with Gasteiger partial charge in [-0.1, -0.05) is 32.4 Å². The maximum absolute atomic E-state index is 13.0. The summed E-state index contributed by atoms with van der Waals surface area (Å²) in [5, 5.41) is 0. The lowest BCUT2D eigenvalue weighted by Gasteiger charge is -2.28. The molecule has 2 atom stereocenters. The van der Waals surface area contributed by atoms with Crippen molar-refractivity contribution in [3.05, 3.63) is 59.2 Å². The third-order valence-corrected chi connectivity index (χ3v) is 5.94. The van der Waals surface area contributed by atoms with E-state index in [9.17, 15) is 19.2 Å². The fraction of sp³-hybridized carbons (Fsp3) is 0.360. The second kappa shape index (κ2) is 9.44. The monoisotopic (exact) mass is 451 g/mol. The third-order valence-electron chi connectivity index (χ3n) is 5.94. The quantitative estimate of drug-likeness (QED) is 0.362. The summed E-state index contributed by atoms with van der Waals surface area (Å²) in [7, 11) is 0. The summed E-state index contributed by atoms with van der Waals surface area (Å²) in [5.41, 5.74) is 0.826. The second-order valence-electron chi connectivity index (χ2n) is 8.10. The summed E-state index contributed by atoms with van der Waals surface area (Å²) in [6.45, 7) is 4.12. The first-order valence-electron chi connectivity index (χ1n) is 11.0. The van der Waals surface area contributed by atoms with Gasteiger partial charge in [-0.25, -0.2) is 4.79 Å². The summed E-state index contributed by atoms with van der Waals surface area (Å²) in [4.78, 5) is 52.5. The molecule has 0 bridgehead atoms. The van der Waals surface area contributed by atoms with Gasteiger partial charge < -0.3 is 14.2 Å². The highest BCUT2D eigenvalue weighted by molar-refractivity contribution is 6.22. The van der Waals surface area contributed by atoms with Gasteiger partial charge in [0.25, 0.3) is 11.8 Å². The topological polar surface area (TPSA) is 99.2 Å². The molecule has 2 heterocycles. The van der Waals surface area contributed by atoms with Gasteiger partial charge in [0.05, 0.1) is 24.3 Å². The molecular weight excluding hydrogens is 426 g/mol. The van der Waals surface area contributed by atoms with E-state index in [2.05, 4.69) is 0 Å². The Balaban J connectivity index is 1.49. The lowest BCUT2D eigenvalue weighted by molar-refractivity contribution is -0.149. The average molecular weight is 451 g/mol. The average Bonchev–Trinajstić information content (AvgIpc) is 2.99. The van der Waals surface area contributed by atoms with Gasteiger partial charge in [-0.15, -0.1) is 0 Å². The molecule has 4 rings (SSSR count). The number of carbonyl (C=O) groups is 4. The fourth-order valence-electron chi connectivity index (χ4n) is 3.92. The van der Waals surface area contributed by atoms with E-state index in [4.69, 9.17) is 14.2 Å². The molecule has 0 aliphatic carbocycles. The van der Waals surface area contributed by atoms with Crippen molar-refractivity contribution in [1.82, 2.24) is 4.90 Å². The molecule has 2 aromatic rings. The number of amides is 2. The van der Waals surface area contributed by atoms with Crippen LogP contribution in [0.3, 0.4) is 0 Å². The predicted molar refractivity (Wildman–Crippen MR) is 118 cm³/mol. The first kappa shape index (κ1) is 22.5. The standard InChI is InChI=1S/C25H25NO7/c1-3-15(2)22(26-23(28)17-7-4-5-8-18(17)24(26)29)25(30)33-14-19(27)16-9-10-20-21(13-16)32-12-6-11-31-20/h4-5,7-10,13,15,22H,3,6,11-12,14H2,1-2H3/t15-,22-/m0/s1. The van der Waals surface area contributed by atoms with E-state index >= 15 is 0 Å². The Labute approximate surface area is 191 Å². The molecule has 33 heavy (non-hydrogen) atoms. The Morgan fingerprint density at radius 2 is 1.64 bits per heavy atom.